The van der Waals surface area contributed by atoms with Crippen molar-refractivity contribution < 1.29 is 13.9 Å². The first-order valence-electron chi connectivity index (χ1n) is 9.45. The monoisotopic (exact) mass is 390 g/mol. The van der Waals surface area contributed by atoms with E-state index in [9.17, 15) is 9.18 Å². The molecule has 0 bridgehead atoms. The van der Waals surface area contributed by atoms with Crippen LogP contribution in [0.5, 0.6) is 0 Å². The van der Waals surface area contributed by atoms with Crippen LogP contribution in [0.25, 0.3) is 0 Å². The van der Waals surface area contributed by atoms with Crippen LogP contribution >= 0.6 is 0 Å². The van der Waals surface area contributed by atoms with E-state index in [0.717, 1.165) is 5.56 Å². The molecule has 2 aromatic rings. The Morgan fingerprint density at radius 1 is 1.32 bits per heavy atom. The summed E-state index contributed by atoms with van der Waals surface area (Å²) in [6.07, 6.45) is 2.28. The maximum absolute atomic E-state index is 14.2. The van der Waals surface area contributed by atoms with Crippen molar-refractivity contribution in [3.8, 4) is 0 Å². The number of carbonyl (C=O) groups excluding carboxylic acids is 1. The van der Waals surface area contributed by atoms with E-state index < -0.39 is 12.2 Å². The van der Waals surface area contributed by atoms with Crippen molar-refractivity contribution in [1.82, 2.24) is 14.5 Å². The number of ether oxygens (including phenoxy) is 1. The lowest BCUT2D eigenvalue weighted by atomic mass is 9.84. The Balaban J connectivity index is 2.44. The fraction of sp³-hybridized carbons (Fsp3) is 0.524. The smallest absolute Gasteiger partial charge is 0.249 e. The van der Waals surface area contributed by atoms with Gasteiger partial charge in [-0.25, -0.2) is 9.37 Å². The van der Waals surface area contributed by atoms with Crippen molar-refractivity contribution in [2.45, 2.75) is 39.5 Å². The van der Waals surface area contributed by atoms with Gasteiger partial charge in [-0.3, -0.25) is 4.79 Å². The zero-order valence-electron chi connectivity index (χ0n) is 17.1. The molecule has 2 N–H and O–H groups in total. The van der Waals surface area contributed by atoms with Crippen molar-refractivity contribution in [3.63, 3.8) is 0 Å². The summed E-state index contributed by atoms with van der Waals surface area (Å²) in [7, 11) is 1.45. The molecule has 1 unspecified atom stereocenters. The molecule has 1 aromatic carbocycles. The van der Waals surface area contributed by atoms with Crippen LogP contribution in [0, 0.1) is 5.41 Å². The highest BCUT2D eigenvalue weighted by molar-refractivity contribution is 5.78. The minimum atomic E-state index is -1.32. The number of hydrogen-bond donors (Lipinski definition) is 1. The number of hydrogen-bond acceptors (Lipinski definition) is 4. The van der Waals surface area contributed by atoms with E-state index in [2.05, 4.69) is 4.98 Å². The first kappa shape index (κ1) is 22.0. The number of nitrogens with two attached hydrogens (primary N) is 1. The fourth-order valence-corrected chi connectivity index (χ4v) is 3.32. The average Bonchev–Trinajstić information content (AvgIpc) is 3.08. The van der Waals surface area contributed by atoms with Crippen molar-refractivity contribution >= 4 is 5.91 Å². The van der Waals surface area contributed by atoms with Gasteiger partial charge in [0.15, 0.2) is 0 Å². The quantitative estimate of drug-likeness (QED) is 0.715. The average molecular weight is 391 g/mol. The van der Waals surface area contributed by atoms with Gasteiger partial charge in [0.25, 0.3) is 0 Å². The molecule has 0 aliphatic heterocycles. The van der Waals surface area contributed by atoms with Crippen molar-refractivity contribution in [2.75, 3.05) is 26.8 Å². The zero-order chi connectivity index (χ0) is 20.7. The van der Waals surface area contributed by atoms with Crippen molar-refractivity contribution in [2.24, 2.45) is 11.1 Å². The van der Waals surface area contributed by atoms with Crippen LogP contribution < -0.4 is 5.73 Å². The number of amides is 1. The van der Waals surface area contributed by atoms with Gasteiger partial charge in [0.2, 0.25) is 5.91 Å². The van der Waals surface area contributed by atoms with Crippen LogP contribution in [0.4, 0.5) is 4.39 Å². The summed E-state index contributed by atoms with van der Waals surface area (Å²) in [5.74, 6) is 0.429. The molecule has 28 heavy (non-hydrogen) atoms. The summed E-state index contributed by atoms with van der Waals surface area (Å²) < 4.78 is 21.3. The van der Waals surface area contributed by atoms with E-state index in [-0.39, 0.29) is 31.0 Å². The SMILES string of the molecule is COCC(=O)N(CC(F)CN)[C@@H](c1nccn1Cc1ccccc1)C(C)(C)C. The lowest BCUT2D eigenvalue weighted by molar-refractivity contribution is -0.141. The number of imidazole rings is 1. The van der Waals surface area contributed by atoms with Crippen LogP contribution in [0.3, 0.4) is 0 Å². The summed E-state index contributed by atoms with van der Waals surface area (Å²) in [6, 6.07) is 9.58. The highest BCUT2D eigenvalue weighted by atomic mass is 19.1. The molecule has 2 atom stereocenters. The number of rotatable bonds is 9. The minimum absolute atomic E-state index is 0.0984. The van der Waals surface area contributed by atoms with Gasteiger partial charge < -0.3 is 19.9 Å². The third-order valence-electron chi connectivity index (χ3n) is 4.56. The Labute approximate surface area is 166 Å². The normalized spacial score (nSPS) is 13.9. The van der Waals surface area contributed by atoms with Crippen LogP contribution in [-0.4, -0.2) is 53.3 Å². The van der Waals surface area contributed by atoms with Gasteiger partial charge in [-0.05, 0) is 11.0 Å². The molecule has 0 aliphatic carbocycles. The van der Waals surface area contributed by atoms with Crippen molar-refractivity contribution in [1.29, 1.82) is 0 Å². The van der Waals surface area contributed by atoms with Crippen LogP contribution in [-0.2, 0) is 16.1 Å². The molecule has 2 rings (SSSR count). The third-order valence-corrected chi connectivity index (χ3v) is 4.56. The number of alkyl halides is 1. The molecule has 6 nitrogen and oxygen atoms in total. The third kappa shape index (κ3) is 5.62. The van der Waals surface area contributed by atoms with Gasteiger partial charge >= 0.3 is 0 Å². The van der Waals surface area contributed by atoms with E-state index in [1.165, 1.54) is 12.0 Å². The van der Waals surface area contributed by atoms with E-state index in [1.807, 2.05) is 61.9 Å². The van der Waals surface area contributed by atoms with Gasteiger partial charge in [-0.15, -0.1) is 0 Å². The van der Waals surface area contributed by atoms with Gasteiger partial charge in [0.1, 0.15) is 18.6 Å². The molecule has 0 saturated carbocycles. The zero-order valence-corrected chi connectivity index (χ0v) is 17.1. The topological polar surface area (TPSA) is 73.4 Å². The summed E-state index contributed by atoms with van der Waals surface area (Å²) in [4.78, 5) is 18.9. The first-order valence-corrected chi connectivity index (χ1v) is 9.45. The molecule has 0 spiro atoms. The molecule has 154 valence electrons. The molecule has 0 radical (unpaired) electrons. The Morgan fingerprint density at radius 2 is 2.00 bits per heavy atom. The van der Waals surface area contributed by atoms with Gasteiger partial charge in [-0.1, -0.05) is 51.1 Å². The molecule has 1 aromatic heterocycles. The second-order valence-electron chi connectivity index (χ2n) is 7.98. The Hall–Kier alpha value is -2.25. The number of benzene rings is 1. The predicted molar refractivity (Wildman–Crippen MR) is 108 cm³/mol. The van der Waals surface area contributed by atoms with Crippen LogP contribution in [0.1, 0.15) is 38.2 Å². The Bertz CT molecular complexity index is 742. The molecule has 0 fully saturated rings. The van der Waals surface area contributed by atoms with E-state index in [4.69, 9.17) is 10.5 Å². The van der Waals surface area contributed by atoms with Gasteiger partial charge in [0.05, 0.1) is 12.6 Å². The Kier molecular flexibility index (Phi) is 7.71. The number of halogens is 1. The maximum atomic E-state index is 14.2. The maximum Gasteiger partial charge on any atom is 0.249 e. The Morgan fingerprint density at radius 3 is 2.57 bits per heavy atom. The highest BCUT2D eigenvalue weighted by Gasteiger charge is 2.38. The second kappa shape index (κ2) is 9.80. The summed E-state index contributed by atoms with van der Waals surface area (Å²) in [5, 5.41) is 0. The van der Waals surface area contributed by atoms with E-state index in [0.29, 0.717) is 12.4 Å². The number of carbonyl (C=O) groups is 1. The summed E-state index contributed by atoms with van der Waals surface area (Å²) in [5.41, 5.74) is 6.23. The number of methoxy groups -OCH3 is 1. The lowest BCUT2D eigenvalue weighted by Gasteiger charge is -2.40. The predicted octanol–water partition coefficient (Wildman–Crippen LogP) is 2.79. The molecule has 0 saturated heterocycles. The number of nitrogens with zero attached hydrogens (tertiary/aromatic N) is 3. The molecule has 0 aliphatic rings. The van der Waals surface area contributed by atoms with Crippen LogP contribution in [0.2, 0.25) is 0 Å². The van der Waals surface area contributed by atoms with Gasteiger partial charge in [0, 0.05) is 32.6 Å². The molecule has 7 heteroatoms. The first-order chi connectivity index (χ1) is 13.3. The van der Waals surface area contributed by atoms with E-state index >= 15 is 0 Å². The fourth-order valence-electron chi connectivity index (χ4n) is 3.32. The molecular formula is C21H31FN4O2. The standard InChI is InChI=1S/C21H31FN4O2/c1-21(2,3)19(26(14-17(22)12-23)18(27)15-28-4)20-24-10-11-25(20)13-16-8-6-5-7-9-16/h5-11,17,19H,12-15,23H2,1-4H3/t17?,19-/m0/s1. The lowest BCUT2D eigenvalue weighted by Crippen LogP contribution is -2.47. The molecular weight excluding hydrogens is 359 g/mol. The van der Waals surface area contributed by atoms with Crippen molar-refractivity contribution in [3.05, 3.63) is 54.1 Å². The molecule has 1 amide bonds. The van der Waals surface area contributed by atoms with E-state index in [1.54, 1.807) is 6.20 Å². The largest absolute Gasteiger partial charge is 0.375 e. The summed E-state index contributed by atoms with van der Waals surface area (Å²) in [6.45, 7) is 6.30. The van der Waals surface area contributed by atoms with Gasteiger partial charge in [-0.2, -0.15) is 0 Å². The summed E-state index contributed by atoms with van der Waals surface area (Å²) >= 11 is 0. The minimum Gasteiger partial charge on any atom is -0.375 e. The second-order valence-corrected chi connectivity index (χ2v) is 7.98. The molecule has 1 heterocycles. The number of aromatic nitrogens is 2. The highest BCUT2D eigenvalue weighted by Crippen LogP contribution is 2.38. The van der Waals surface area contributed by atoms with Crippen LogP contribution in [0.15, 0.2) is 42.7 Å².